The maximum absolute atomic E-state index is 10.7. The number of nitrogens with zero attached hydrogens (tertiary/aromatic N) is 1. The first-order valence-electron chi connectivity index (χ1n) is 3.33. The number of hydrogen-bond acceptors (Lipinski definition) is 3. The van der Waals surface area contributed by atoms with Crippen LogP contribution in [0.25, 0.3) is 0 Å². The summed E-state index contributed by atoms with van der Waals surface area (Å²) in [6.45, 7) is 0. The molecule has 0 aliphatic rings. The van der Waals surface area contributed by atoms with Gasteiger partial charge in [-0.3, -0.25) is 14.6 Å². The zero-order chi connectivity index (χ0) is 9.78. The third-order valence-corrected chi connectivity index (χ3v) is 2.10. The molecule has 6 nitrogen and oxygen atoms in total. The van der Waals surface area contributed by atoms with Crippen LogP contribution >= 0.6 is 7.60 Å². The second-order valence-corrected chi connectivity index (χ2v) is 4.19. The first kappa shape index (κ1) is 16.0. The van der Waals surface area contributed by atoms with Gasteiger partial charge in [-0.15, -0.1) is 0 Å². The fourth-order valence-electron chi connectivity index (χ4n) is 0.598. The van der Waals surface area contributed by atoms with Gasteiger partial charge in [0.1, 0.15) is 0 Å². The van der Waals surface area contributed by atoms with E-state index < -0.39 is 13.5 Å². The van der Waals surface area contributed by atoms with Crippen molar-refractivity contribution in [2.24, 2.45) is 0 Å². The van der Waals surface area contributed by atoms with Gasteiger partial charge in [0, 0.05) is 43.0 Å². The van der Waals surface area contributed by atoms with Crippen molar-refractivity contribution in [1.82, 2.24) is 5.06 Å². The largest absolute Gasteiger partial charge is 0.325 e. The Hall–Kier alpha value is 0.580. The van der Waals surface area contributed by atoms with E-state index in [1.807, 2.05) is 0 Å². The summed E-state index contributed by atoms with van der Waals surface area (Å²) in [5.74, 6) is -0.552. The summed E-state index contributed by atoms with van der Waals surface area (Å²) in [4.78, 5) is 27.4. The van der Waals surface area contributed by atoms with Gasteiger partial charge in [-0.05, 0) is 6.42 Å². The molecule has 0 aliphatic heterocycles. The van der Waals surface area contributed by atoms with E-state index in [1.54, 1.807) is 0 Å². The smallest absolute Gasteiger partial charge is 0.324 e. The van der Waals surface area contributed by atoms with Crippen molar-refractivity contribution < 1.29 is 24.4 Å². The van der Waals surface area contributed by atoms with Gasteiger partial charge >= 0.3 is 7.60 Å². The van der Waals surface area contributed by atoms with Crippen LogP contribution in [0.5, 0.6) is 0 Å². The zero-order valence-corrected chi connectivity index (χ0v) is 10.6. The first-order chi connectivity index (χ1) is 5.33. The Morgan fingerprint density at radius 3 is 2.23 bits per heavy atom. The van der Waals surface area contributed by atoms with Crippen molar-refractivity contribution in [3.63, 3.8) is 0 Å². The van der Waals surface area contributed by atoms with Gasteiger partial charge in [-0.1, -0.05) is 0 Å². The summed E-state index contributed by atoms with van der Waals surface area (Å²) < 4.78 is 10.3. The van der Waals surface area contributed by atoms with Gasteiger partial charge in [-0.25, -0.2) is 5.06 Å². The van der Waals surface area contributed by atoms with Crippen LogP contribution in [0.3, 0.4) is 0 Å². The predicted octanol–water partition coefficient (Wildman–Crippen LogP) is -0.589. The van der Waals surface area contributed by atoms with E-state index in [2.05, 4.69) is 0 Å². The molecule has 0 spiro atoms. The van der Waals surface area contributed by atoms with Crippen LogP contribution in [-0.4, -0.2) is 68.7 Å². The molecule has 0 heterocycles. The molecular formula is C5H12NNaO5P. The average molecular weight is 220 g/mol. The monoisotopic (exact) mass is 220 g/mol. The number of amides is 1. The number of rotatable bonds is 4. The van der Waals surface area contributed by atoms with Crippen LogP contribution in [0.15, 0.2) is 0 Å². The Labute approximate surface area is 98.3 Å². The molecular weight excluding hydrogens is 208 g/mol. The van der Waals surface area contributed by atoms with E-state index in [4.69, 9.17) is 15.0 Å². The molecule has 0 unspecified atom stereocenters. The summed E-state index contributed by atoms with van der Waals surface area (Å²) in [5, 5.41) is 8.94. The fraction of sp³-hybridized carbons (Fsp3) is 0.800. The molecule has 0 aromatic rings. The zero-order valence-electron chi connectivity index (χ0n) is 7.67. The molecule has 0 bridgehead atoms. The molecule has 1 radical (unpaired) electrons. The van der Waals surface area contributed by atoms with Crippen molar-refractivity contribution in [3.8, 4) is 0 Å². The second kappa shape index (κ2) is 6.95. The van der Waals surface area contributed by atoms with Crippen LogP contribution in [-0.2, 0) is 9.36 Å². The van der Waals surface area contributed by atoms with Crippen molar-refractivity contribution in [1.29, 1.82) is 0 Å². The Morgan fingerprint density at radius 2 is 1.92 bits per heavy atom. The number of carbonyl (C=O) groups is 1. The molecule has 0 saturated heterocycles. The first-order valence-corrected chi connectivity index (χ1v) is 5.12. The minimum absolute atomic E-state index is 0. The number of carbonyl (C=O) groups excluding carboxylic acids is 1. The predicted molar refractivity (Wildman–Crippen MR) is 46.5 cm³/mol. The van der Waals surface area contributed by atoms with Crippen molar-refractivity contribution in [2.75, 3.05) is 13.2 Å². The van der Waals surface area contributed by atoms with Crippen LogP contribution in [0.4, 0.5) is 0 Å². The Bertz CT molecular complexity index is 203. The molecule has 0 atom stereocenters. The van der Waals surface area contributed by atoms with E-state index in [0.717, 1.165) is 0 Å². The Morgan fingerprint density at radius 1 is 1.46 bits per heavy atom. The topological polar surface area (TPSA) is 98.1 Å². The molecule has 8 heteroatoms. The molecule has 0 aromatic heterocycles. The average Bonchev–Trinajstić information content (AvgIpc) is 1.84. The van der Waals surface area contributed by atoms with Crippen LogP contribution in [0.1, 0.15) is 12.8 Å². The van der Waals surface area contributed by atoms with Crippen molar-refractivity contribution in [2.45, 2.75) is 12.8 Å². The van der Waals surface area contributed by atoms with E-state index in [9.17, 15) is 9.36 Å². The third kappa shape index (κ3) is 10.5. The molecule has 0 aromatic carbocycles. The molecule has 3 N–H and O–H groups in total. The second-order valence-electron chi connectivity index (χ2n) is 2.41. The summed E-state index contributed by atoms with van der Waals surface area (Å²) in [7, 11) is -2.84. The standard InChI is InChI=1S/C5H12NO5P.Na/c1-6(8)5(7)3-2-4-12(9,10)11;/h8H,2-4H2,1H3,(H2,9,10,11);. The molecule has 0 rings (SSSR count). The van der Waals surface area contributed by atoms with Crippen LogP contribution < -0.4 is 0 Å². The van der Waals surface area contributed by atoms with Gasteiger partial charge in [0.05, 0.1) is 6.16 Å². The fourth-order valence-corrected chi connectivity index (χ4v) is 1.17. The summed E-state index contributed by atoms with van der Waals surface area (Å²) in [6.07, 6.45) is -0.307. The van der Waals surface area contributed by atoms with Gasteiger partial charge in [0.2, 0.25) is 5.91 Å². The number of hydroxylamine groups is 2. The van der Waals surface area contributed by atoms with E-state index in [0.29, 0.717) is 5.06 Å². The Kier molecular flexibility index (Phi) is 8.57. The maximum Gasteiger partial charge on any atom is 0.325 e. The van der Waals surface area contributed by atoms with Gasteiger partial charge < -0.3 is 9.79 Å². The van der Waals surface area contributed by atoms with E-state index >= 15 is 0 Å². The molecule has 0 fully saturated rings. The Balaban J connectivity index is 0. The van der Waals surface area contributed by atoms with Crippen molar-refractivity contribution in [3.05, 3.63) is 0 Å². The van der Waals surface area contributed by atoms with E-state index in [-0.39, 0.29) is 48.6 Å². The summed E-state index contributed by atoms with van der Waals surface area (Å²) in [5.41, 5.74) is 0. The van der Waals surface area contributed by atoms with Gasteiger partial charge in [0.15, 0.2) is 0 Å². The quantitative estimate of drug-likeness (QED) is 0.254. The van der Waals surface area contributed by atoms with Crippen LogP contribution in [0, 0.1) is 0 Å². The third-order valence-electron chi connectivity index (χ3n) is 1.20. The van der Waals surface area contributed by atoms with E-state index in [1.165, 1.54) is 7.05 Å². The molecule has 13 heavy (non-hydrogen) atoms. The van der Waals surface area contributed by atoms with Crippen LogP contribution in [0.2, 0.25) is 0 Å². The van der Waals surface area contributed by atoms with Gasteiger partial charge in [-0.2, -0.15) is 0 Å². The maximum atomic E-state index is 10.7. The molecule has 1 amide bonds. The number of hydrogen-bond donors (Lipinski definition) is 3. The normalized spacial score (nSPS) is 10.5. The summed E-state index contributed by atoms with van der Waals surface area (Å²) >= 11 is 0. The van der Waals surface area contributed by atoms with Crippen molar-refractivity contribution >= 4 is 43.1 Å². The molecule has 0 aliphatic carbocycles. The molecule has 0 saturated carbocycles. The SMILES string of the molecule is CN(O)C(=O)CCCP(=O)(O)O.[Na]. The summed E-state index contributed by atoms with van der Waals surface area (Å²) in [6, 6.07) is 0. The minimum Gasteiger partial charge on any atom is -0.324 e. The molecule has 73 valence electrons. The van der Waals surface area contributed by atoms with Gasteiger partial charge in [0.25, 0.3) is 0 Å². The minimum atomic E-state index is -4.00.